The van der Waals surface area contributed by atoms with E-state index in [1.165, 1.54) is 25.1 Å². The van der Waals surface area contributed by atoms with E-state index in [1.54, 1.807) is 19.1 Å². The van der Waals surface area contributed by atoms with Crippen LogP contribution in [0, 0.1) is 11.3 Å². The van der Waals surface area contributed by atoms with Gasteiger partial charge < -0.3 is 0 Å². The predicted octanol–water partition coefficient (Wildman–Crippen LogP) is 2.03. The van der Waals surface area contributed by atoms with Crippen molar-refractivity contribution in [1.82, 2.24) is 0 Å². The zero-order valence-electron chi connectivity index (χ0n) is 12.5. The molecule has 2 unspecified atom stereocenters. The molecule has 0 saturated carbocycles. The fraction of sp³-hybridized carbons (Fsp3) is 0.400. The highest BCUT2D eigenvalue weighted by Crippen LogP contribution is 2.37. The first-order valence-corrected chi connectivity index (χ1v) is 8.74. The van der Waals surface area contributed by atoms with Crippen LogP contribution in [0.5, 0.6) is 0 Å². The average molecular weight is 342 g/mol. The number of nitriles is 1. The van der Waals surface area contributed by atoms with Crippen LogP contribution in [-0.2, 0) is 24.8 Å². The molecule has 0 aliphatic heterocycles. The molecule has 1 aromatic rings. The molecule has 1 aromatic carbocycles. The number of aldehydes is 1. The van der Waals surface area contributed by atoms with Crippen LogP contribution >= 0.6 is 11.6 Å². The monoisotopic (exact) mass is 341 g/mol. The van der Waals surface area contributed by atoms with E-state index in [4.69, 9.17) is 16.9 Å². The Morgan fingerprint density at radius 2 is 1.95 bits per heavy atom. The summed E-state index contributed by atoms with van der Waals surface area (Å²) in [5, 5.41) is 9.04. The molecule has 0 bridgehead atoms. The van der Waals surface area contributed by atoms with Gasteiger partial charge in [0.05, 0.1) is 10.3 Å². The number of halogens is 1. The largest absolute Gasteiger partial charge is 0.300 e. The van der Waals surface area contributed by atoms with E-state index in [9.17, 15) is 18.0 Å². The van der Waals surface area contributed by atoms with Crippen LogP contribution in [0.2, 0.25) is 0 Å². The van der Waals surface area contributed by atoms with Crippen molar-refractivity contribution in [2.24, 2.45) is 0 Å². The minimum Gasteiger partial charge on any atom is -0.300 e. The Bertz CT molecular complexity index is 753. The summed E-state index contributed by atoms with van der Waals surface area (Å²) in [5.41, 5.74) is -1.15. The first-order chi connectivity index (χ1) is 10.1. The number of rotatable bonds is 6. The minimum atomic E-state index is -3.59. The van der Waals surface area contributed by atoms with E-state index in [1.807, 2.05) is 0 Å². The van der Waals surface area contributed by atoms with Crippen LogP contribution in [0.25, 0.3) is 0 Å². The summed E-state index contributed by atoms with van der Waals surface area (Å²) in [6.45, 7) is 3.15. The third-order valence-electron chi connectivity index (χ3n) is 3.74. The van der Waals surface area contributed by atoms with Crippen molar-refractivity contribution in [2.45, 2.75) is 35.5 Å². The van der Waals surface area contributed by atoms with Gasteiger partial charge in [0.1, 0.15) is 6.07 Å². The molecule has 118 valence electrons. The van der Waals surface area contributed by atoms with Crippen molar-refractivity contribution in [3.8, 4) is 6.07 Å². The molecular formula is C15H16ClNO4S. The van der Waals surface area contributed by atoms with Crippen molar-refractivity contribution < 1.29 is 18.0 Å². The number of sulfone groups is 1. The second kappa shape index (κ2) is 6.19. The first kappa shape index (κ1) is 18.3. The van der Waals surface area contributed by atoms with Gasteiger partial charge in [-0.25, -0.2) is 8.42 Å². The van der Waals surface area contributed by atoms with Crippen LogP contribution in [0.1, 0.15) is 25.8 Å². The number of Topliss-reactive ketones (excluding diaryl/α,β-unsaturated/α-hetero) is 1. The Hall–Kier alpha value is -1.71. The number of carbonyl (C=O) groups is 2. The molecule has 1 rings (SSSR count). The smallest absolute Gasteiger partial charge is 0.243 e. The number of carbonyl (C=O) groups excluding carboxylic acids is 2. The van der Waals surface area contributed by atoms with Crippen LogP contribution in [-0.4, -0.2) is 31.6 Å². The van der Waals surface area contributed by atoms with Gasteiger partial charge in [-0.05, 0) is 25.0 Å². The fourth-order valence-corrected chi connectivity index (χ4v) is 3.48. The summed E-state index contributed by atoms with van der Waals surface area (Å²) in [6.07, 6.45) is 1.29. The lowest BCUT2D eigenvalue weighted by Gasteiger charge is -2.31. The molecule has 22 heavy (non-hydrogen) atoms. The Balaban J connectivity index is 3.68. The molecular weight excluding hydrogens is 326 g/mol. The maximum absolute atomic E-state index is 12.7. The Morgan fingerprint density at radius 3 is 2.36 bits per heavy atom. The highest BCUT2D eigenvalue weighted by Gasteiger charge is 2.48. The SMILES string of the molecule is CCC(C)(C(=O)C(Cl)(C#N)C=O)c1ccccc1S(C)(=O)=O. The molecule has 0 radical (unpaired) electrons. The molecule has 0 amide bonds. The van der Waals surface area contributed by atoms with Gasteiger partial charge in [0.15, 0.2) is 21.9 Å². The Morgan fingerprint density at radius 1 is 1.41 bits per heavy atom. The molecule has 7 heteroatoms. The van der Waals surface area contributed by atoms with Gasteiger partial charge in [-0.3, -0.25) is 9.59 Å². The van der Waals surface area contributed by atoms with Crippen LogP contribution < -0.4 is 0 Å². The van der Waals surface area contributed by atoms with Crippen LogP contribution in [0.3, 0.4) is 0 Å². The molecule has 0 heterocycles. The highest BCUT2D eigenvalue weighted by molar-refractivity contribution is 7.90. The quantitative estimate of drug-likeness (QED) is 0.448. The van der Waals surface area contributed by atoms with Gasteiger partial charge in [0, 0.05) is 6.26 Å². The Labute approximate surface area is 134 Å². The molecule has 0 aliphatic carbocycles. The summed E-state index contributed by atoms with van der Waals surface area (Å²) in [7, 11) is -3.59. The zero-order valence-corrected chi connectivity index (χ0v) is 14.0. The van der Waals surface area contributed by atoms with Gasteiger partial charge in [0.25, 0.3) is 0 Å². The molecule has 5 nitrogen and oxygen atoms in total. The normalized spacial score (nSPS) is 16.9. The van der Waals surface area contributed by atoms with E-state index in [0.29, 0.717) is 0 Å². The van der Waals surface area contributed by atoms with Crippen molar-refractivity contribution in [3.63, 3.8) is 0 Å². The molecule has 0 aliphatic rings. The second-order valence-electron chi connectivity index (χ2n) is 5.22. The molecule has 0 N–H and O–H groups in total. The predicted molar refractivity (Wildman–Crippen MR) is 82.5 cm³/mol. The number of ketones is 1. The van der Waals surface area contributed by atoms with E-state index >= 15 is 0 Å². The fourth-order valence-electron chi connectivity index (χ4n) is 2.25. The standard InChI is InChI=1S/C15H16ClNO4S/c1-4-14(2,13(19)15(16,9-17)10-18)11-7-5-6-8-12(11)22(3,20)21/h5-8,10H,4H2,1-3H3. The van der Waals surface area contributed by atoms with Crippen molar-refractivity contribution >= 4 is 33.5 Å². The molecule has 2 atom stereocenters. The summed E-state index contributed by atoms with van der Waals surface area (Å²) in [6, 6.07) is 7.51. The third kappa shape index (κ3) is 3.06. The number of nitrogens with zero attached hydrogens (tertiary/aromatic N) is 1. The number of hydrogen-bond donors (Lipinski definition) is 0. The minimum absolute atomic E-state index is 0.0180. The van der Waals surface area contributed by atoms with Crippen LogP contribution in [0.15, 0.2) is 29.2 Å². The number of alkyl halides is 1. The van der Waals surface area contributed by atoms with E-state index in [2.05, 4.69) is 0 Å². The lowest BCUT2D eigenvalue weighted by molar-refractivity contribution is -0.128. The lowest BCUT2D eigenvalue weighted by atomic mass is 9.72. The van der Waals surface area contributed by atoms with Crippen molar-refractivity contribution in [2.75, 3.05) is 6.26 Å². The average Bonchev–Trinajstić information content (AvgIpc) is 2.51. The molecule has 0 spiro atoms. The molecule has 0 aromatic heterocycles. The van der Waals surface area contributed by atoms with E-state index < -0.39 is 25.9 Å². The first-order valence-electron chi connectivity index (χ1n) is 6.47. The zero-order chi connectivity index (χ0) is 17.2. The van der Waals surface area contributed by atoms with E-state index in [0.717, 1.165) is 6.26 Å². The Kier molecular flexibility index (Phi) is 5.16. The summed E-state index contributed by atoms with van der Waals surface area (Å²) < 4.78 is 23.9. The maximum atomic E-state index is 12.7. The number of hydrogen-bond acceptors (Lipinski definition) is 5. The van der Waals surface area contributed by atoms with E-state index in [-0.39, 0.29) is 23.2 Å². The summed E-state index contributed by atoms with van der Waals surface area (Å²) in [5.74, 6) is -0.835. The molecule has 0 saturated heterocycles. The van der Waals surface area contributed by atoms with Crippen molar-refractivity contribution in [1.29, 1.82) is 5.26 Å². The van der Waals surface area contributed by atoms with Crippen LogP contribution in [0.4, 0.5) is 0 Å². The van der Waals surface area contributed by atoms with Gasteiger partial charge >= 0.3 is 0 Å². The topological polar surface area (TPSA) is 92.1 Å². The summed E-state index contributed by atoms with van der Waals surface area (Å²) in [4.78, 5) is 21.4. The van der Waals surface area contributed by atoms with Crippen molar-refractivity contribution in [3.05, 3.63) is 29.8 Å². The second-order valence-corrected chi connectivity index (χ2v) is 7.80. The van der Waals surface area contributed by atoms with Gasteiger partial charge in [0.2, 0.25) is 4.87 Å². The molecule has 0 fully saturated rings. The highest BCUT2D eigenvalue weighted by atomic mass is 35.5. The van der Waals surface area contributed by atoms with Gasteiger partial charge in [-0.15, -0.1) is 0 Å². The lowest BCUT2D eigenvalue weighted by Crippen LogP contribution is -2.47. The maximum Gasteiger partial charge on any atom is 0.243 e. The summed E-state index contributed by atoms with van der Waals surface area (Å²) >= 11 is 5.81. The number of benzene rings is 1. The third-order valence-corrected chi connectivity index (χ3v) is 5.24. The van der Waals surface area contributed by atoms with Gasteiger partial charge in [-0.1, -0.05) is 36.7 Å². The van der Waals surface area contributed by atoms with Gasteiger partial charge in [-0.2, -0.15) is 5.26 Å².